The van der Waals surface area contributed by atoms with Crippen molar-refractivity contribution in [3.8, 4) is 0 Å². The van der Waals surface area contributed by atoms with E-state index < -0.39 is 29.8 Å². The number of alkyl carbamates (subject to hydrolysis) is 1. The number of carbonyl (C=O) groups is 2. The molecule has 0 saturated carbocycles. The summed E-state index contributed by atoms with van der Waals surface area (Å²) in [5.41, 5.74) is 0.273. The van der Waals surface area contributed by atoms with Crippen LogP contribution in [0, 0.1) is 5.92 Å². The molecule has 0 spiro atoms. The Bertz CT molecular complexity index is 521. The maximum atomic E-state index is 11.9. The first-order chi connectivity index (χ1) is 9.78. The normalized spacial score (nSPS) is 25.3. The van der Waals surface area contributed by atoms with Crippen LogP contribution in [0.3, 0.4) is 0 Å². The molecule has 0 aliphatic carbocycles. The Kier molecular flexibility index (Phi) is 4.21. The molecule has 21 heavy (non-hydrogen) atoms. The third-order valence-electron chi connectivity index (χ3n) is 3.29. The number of rotatable bonds is 2. The van der Waals surface area contributed by atoms with Crippen LogP contribution >= 0.6 is 0 Å². The van der Waals surface area contributed by atoms with Crippen LogP contribution in [0.25, 0.3) is 0 Å². The van der Waals surface area contributed by atoms with Gasteiger partial charge in [-0.15, -0.1) is 0 Å². The Hall–Kier alpha value is -2.04. The van der Waals surface area contributed by atoms with Crippen LogP contribution < -0.4 is 5.32 Å². The highest BCUT2D eigenvalue weighted by Gasteiger charge is 2.44. The van der Waals surface area contributed by atoms with Gasteiger partial charge in [-0.25, -0.2) is 4.79 Å². The molecule has 114 valence electrons. The zero-order chi connectivity index (χ0) is 15.6. The molecule has 1 heterocycles. The molecule has 2 rings (SSSR count). The van der Waals surface area contributed by atoms with Crippen molar-refractivity contribution >= 4 is 12.1 Å². The summed E-state index contributed by atoms with van der Waals surface area (Å²) in [6, 6.07) is 8.95. The van der Waals surface area contributed by atoms with Crippen molar-refractivity contribution in [1.82, 2.24) is 5.32 Å². The lowest BCUT2D eigenvalue weighted by Crippen LogP contribution is -2.43. The molecule has 1 amide bonds. The standard InChI is InChI=1S/C16H21NO4/c1-10-12(17-15(19)21-16(2,3)4)13(20-14(10)18)11-8-6-5-7-9-11/h5-10,12-13H,1-4H3,(H,17,19)/t10-,12-,13+/m0/s1. The van der Waals surface area contributed by atoms with Crippen molar-refractivity contribution < 1.29 is 19.1 Å². The van der Waals surface area contributed by atoms with Crippen LogP contribution in [0.5, 0.6) is 0 Å². The largest absolute Gasteiger partial charge is 0.455 e. The summed E-state index contributed by atoms with van der Waals surface area (Å²) >= 11 is 0. The summed E-state index contributed by atoms with van der Waals surface area (Å²) in [5.74, 6) is -0.729. The highest BCUT2D eigenvalue weighted by molar-refractivity contribution is 5.78. The average molecular weight is 291 g/mol. The number of esters is 1. The van der Waals surface area contributed by atoms with Gasteiger partial charge in [-0.1, -0.05) is 30.3 Å². The zero-order valence-electron chi connectivity index (χ0n) is 12.8. The second-order valence-electron chi connectivity index (χ2n) is 6.23. The van der Waals surface area contributed by atoms with Gasteiger partial charge >= 0.3 is 12.1 Å². The number of hydrogen-bond donors (Lipinski definition) is 1. The molecule has 3 atom stereocenters. The number of benzene rings is 1. The quantitative estimate of drug-likeness (QED) is 0.851. The van der Waals surface area contributed by atoms with Crippen molar-refractivity contribution in [2.45, 2.75) is 45.4 Å². The van der Waals surface area contributed by atoms with Crippen LogP contribution in [0.4, 0.5) is 4.79 Å². The van der Waals surface area contributed by atoms with E-state index in [0.29, 0.717) is 0 Å². The van der Waals surface area contributed by atoms with Crippen molar-refractivity contribution in [2.24, 2.45) is 5.92 Å². The first kappa shape index (κ1) is 15.4. The van der Waals surface area contributed by atoms with E-state index in [0.717, 1.165) is 5.56 Å². The SMILES string of the molecule is C[C@@H]1C(=O)O[C@H](c2ccccc2)[C@H]1NC(=O)OC(C)(C)C. The van der Waals surface area contributed by atoms with Crippen molar-refractivity contribution in [1.29, 1.82) is 0 Å². The predicted molar refractivity (Wildman–Crippen MR) is 77.6 cm³/mol. The molecule has 1 N–H and O–H groups in total. The van der Waals surface area contributed by atoms with E-state index >= 15 is 0 Å². The van der Waals surface area contributed by atoms with Crippen LogP contribution in [0.15, 0.2) is 30.3 Å². The molecule has 0 radical (unpaired) electrons. The summed E-state index contributed by atoms with van der Waals surface area (Å²) in [5, 5.41) is 2.76. The first-order valence-electron chi connectivity index (χ1n) is 7.03. The summed E-state index contributed by atoms with van der Waals surface area (Å²) in [6.45, 7) is 7.12. The van der Waals surface area contributed by atoms with Crippen LogP contribution in [-0.2, 0) is 14.3 Å². The third kappa shape index (κ3) is 3.74. The summed E-state index contributed by atoms with van der Waals surface area (Å²) in [4.78, 5) is 23.8. The number of cyclic esters (lactones) is 1. The van der Waals surface area contributed by atoms with Crippen molar-refractivity contribution in [2.75, 3.05) is 0 Å². The lowest BCUT2D eigenvalue weighted by atomic mass is 9.95. The Morgan fingerprint density at radius 3 is 2.43 bits per heavy atom. The molecule has 1 aromatic rings. The van der Waals surface area contributed by atoms with Gasteiger partial charge in [0.2, 0.25) is 0 Å². The van der Waals surface area contributed by atoms with Crippen LogP contribution in [-0.4, -0.2) is 23.7 Å². The minimum Gasteiger partial charge on any atom is -0.455 e. The fourth-order valence-electron chi connectivity index (χ4n) is 2.28. The molecule has 5 nitrogen and oxygen atoms in total. The number of amides is 1. The second kappa shape index (κ2) is 5.76. The minimum absolute atomic E-state index is 0.315. The maximum absolute atomic E-state index is 11.9. The van der Waals surface area contributed by atoms with Gasteiger partial charge in [0.1, 0.15) is 11.7 Å². The van der Waals surface area contributed by atoms with Gasteiger partial charge in [-0.2, -0.15) is 0 Å². The van der Waals surface area contributed by atoms with E-state index in [-0.39, 0.29) is 5.97 Å². The number of carbonyl (C=O) groups excluding carboxylic acids is 2. The third-order valence-corrected chi connectivity index (χ3v) is 3.29. The molecule has 0 unspecified atom stereocenters. The summed E-state index contributed by atoms with van der Waals surface area (Å²) in [7, 11) is 0. The van der Waals surface area contributed by atoms with Gasteiger partial charge in [-0.05, 0) is 33.3 Å². The summed E-state index contributed by atoms with van der Waals surface area (Å²) < 4.78 is 10.6. The Labute approximate surface area is 124 Å². The van der Waals surface area contributed by atoms with Gasteiger partial charge in [0.25, 0.3) is 0 Å². The molecule has 1 saturated heterocycles. The van der Waals surface area contributed by atoms with Gasteiger partial charge in [0.15, 0.2) is 0 Å². The zero-order valence-corrected chi connectivity index (χ0v) is 12.8. The smallest absolute Gasteiger partial charge is 0.408 e. The number of nitrogens with one attached hydrogen (secondary N) is 1. The first-order valence-corrected chi connectivity index (χ1v) is 7.03. The molecule has 0 bridgehead atoms. The molecule has 1 fully saturated rings. The monoisotopic (exact) mass is 291 g/mol. The topological polar surface area (TPSA) is 64.6 Å². The van der Waals surface area contributed by atoms with Crippen molar-refractivity contribution in [3.05, 3.63) is 35.9 Å². The van der Waals surface area contributed by atoms with Crippen LogP contribution in [0.1, 0.15) is 39.4 Å². The fourth-order valence-corrected chi connectivity index (χ4v) is 2.28. The Morgan fingerprint density at radius 1 is 1.24 bits per heavy atom. The van der Waals surface area contributed by atoms with E-state index in [1.54, 1.807) is 27.7 Å². The van der Waals surface area contributed by atoms with Gasteiger partial charge in [0.05, 0.1) is 12.0 Å². The highest BCUT2D eigenvalue weighted by atomic mass is 16.6. The lowest BCUT2D eigenvalue weighted by Gasteiger charge is -2.24. The molecule has 1 aromatic carbocycles. The number of ether oxygens (including phenoxy) is 2. The molecule has 1 aliphatic rings. The Balaban J connectivity index is 2.14. The van der Waals surface area contributed by atoms with Gasteiger partial charge < -0.3 is 14.8 Å². The molecule has 1 aliphatic heterocycles. The molecular weight excluding hydrogens is 270 g/mol. The van der Waals surface area contributed by atoms with E-state index in [9.17, 15) is 9.59 Å². The fraction of sp³-hybridized carbons (Fsp3) is 0.500. The summed E-state index contributed by atoms with van der Waals surface area (Å²) in [6.07, 6.45) is -1.03. The number of hydrogen-bond acceptors (Lipinski definition) is 4. The maximum Gasteiger partial charge on any atom is 0.408 e. The molecule has 0 aromatic heterocycles. The van der Waals surface area contributed by atoms with Gasteiger partial charge in [-0.3, -0.25) is 4.79 Å². The van der Waals surface area contributed by atoms with Crippen LogP contribution in [0.2, 0.25) is 0 Å². The molecular formula is C16H21NO4. The highest BCUT2D eigenvalue weighted by Crippen LogP contribution is 2.33. The van der Waals surface area contributed by atoms with E-state index in [4.69, 9.17) is 9.47 Å². The Morgan fingerprint density at radius 2 is 1.86 bits per heavy atom. The average Bonchev–Trinajstić information content (AvgIpc) is 2.66. The van der Waals surface area contributed by atoms with E-state index in [1.807, 2.05) is 30.3 Å². The van der Waals surface area contributed by atoms with Gasteiger partial charge in [0, 0.05) is 0 Å². The van der Waals surface area contributed by atoms with E-state index in [2.05, 4.69) is 5.32 Å². The predicted octanol–water partition coefficient (Wildman–Crippen LogP) is 2.81. The second-order valence-corrected chi connectivity index (χ2v) is 6.23. The molecule has 5 heteroatoms. The van der Waals surface area contributed by atoms with Crippen molar-refractivity contribution in [3.63, 3.8) is 0 Å². The lowest BCUT2D eigenvalue weighted by molar-refractivity contribution is -0.144. The minimum atomic E-state index is -0.584. The van der Waals surface area contributed by atoms with E-state index in [1.165, 1.54) is 0 Å².